The molecule has 0 spiro atoms. The van der Waals surface area contributed by atoms with Crippen LogP contribution in [0.4, 0.5) is 0 Å². The second-order valence-electron chi connectivity index (χ2n) is 6.95. The van der Waals surface area contributed by atoms with Crippen molar-refractivity contribution < 1.29 is 24.6 Å². The molecule has 1 aliphatic rings. The molecule has 1 fully saturated rings. The monoisotopic (exact) mass is 391 g/mol. The molecule has 0 aliphatic carbocycles. The van der Waals surface area contributed by atoms with Crippen molar-refractivity contribution in [1.29, 1.82) is 0 Å². The summed E-state index contributed by atoms with van der Waals surface area (Å²) in [5.41, 5.74) is 7.73. The van der Waals surface area contributed by atoms with Gasteiger partial charge in [-0.2, -0.15) is 0 Å². The summed E-state index contributed by atoms with van der Waals surface area (Å²) < 4.78 is 0. The minimum absolute atomic E-state index is 0.00261. The van der Waals surface area contributed by atoms with Crippen molar-refractivity contribution in [2.24, 2.45) is 5.73 Å². The molecule has 1 aromatic carbocycles. The molecular formula is C20H29N3O5. The molecule has 1 unspecified atom stereocenters. The Morgan fingerprint density at radius 2 is 1.39 bits per heavy atom. The van der Waals surface area contributed by atoms with Crippen LogP contribution in [0.5, 0.6) is 0 Å². The zero-order chi connectivity index (χ0) is 20.5. The maximum atomic E-state index is 12.4. The lowest BCUT2D eigenvalue weighted by molar-refractivity contribution is -0.140. The summed E-state index contributed by atoms with van der Waals surface area (Å²) in [4.78, 5) is 39.5. The number of carbonyl (C=O) groups excluding carboxylic acids is 3. The van der Waals surface area contributed by atoms with Crippen LogP contribution in [-0.4, -0.2) is 76.5 Å². The zero-order valence-electron chi connectivity index (χ0n) is 16.0. The quantitative estimate of drug-likeness (QED) is 0.519. The fourth-order valence-electron chi connectivity index (χ4n) is 3.11. The number of hydrogen-bond donors (Lipinski definition) is 3. The molecule has 0 radical (unpaired) electrons. The third-order valence-electron chi connectivity index (χ3n) is 5.00. The molecule has 1 aliphatic heterocycles. The molecule has 154 valence electrons. The molecule has 0 saturated carbocycles. The van der Waals surface area contributed by atoms with E-state index in [1.165, 1.54) is 0 Å². The van der Waals surface area contributed by atoms with Gasteiger partial charge in [0, 0.05) is 52.0 Å². The average molecular weight is 391 g/mol. The van der Waals surface area contributed by atoms with Crippen LogP contribution in [0.2, 0.25) is 0 Å². The lowest BCUT2D eigenvalue weighted by Crippen LogP contribution is -2.50. The average Bonchev–Trinajstić information content (AvgIpc) is 2.75. The normalized spacial score (nSPS) is 15.4. The maximum absolute atomic E-state index is 12.4. The van der Waals surface area contributed by atoms with E-state index in [9.17, 15) is 19.5 Å². The summed E-state index contributed by atoms with van der Waals surface area (Å²) in [6, 6.07) is 7.91. The number of amides is 2. The Kier molecular flexibility index (Phi) is 8.56. The van der Waals surface area contributed by atoms with E-state index in [1.807, 2.05) is 24.3 Å². The van der Waals surface area contributed by atoms with E-state index in [-0.39, 0.29) is 24.7 Å². The van der Waals surface area contributed by atoms with Crippen molar-refractivity contribution in [2.75, 3.05) is 32.8 Å². The van der Waals surface area contributed by atoms with E-state index >= 15 is 0 Å². The van der Waals surface area contributed by atoms with Crippen LogP contribution in [0.1, 0.15) is 30.4 Å². The Morgan fingerprint density at radius 3 is 1.89 bits per heavy atom. The number of aliphatic hydroxyl groups excluding tert-OH is 2. The van der Waals surface area contributed by atoms with Gasteiger partial charge in [0.1, 0.15) is 6.10 Å². The minimum Gasteiger partial charge on any atom is -0.393 e. The van der Waals surface area contributed by atoms with E-state index in [0.717, 1.165) is 11.1 Å². The number of Topliss-reactive ketones (excluding diaryl/α,β-unsaturated/α-hetero) is 1. The van der Waals surface area contributed by atoms with Crippen LogP contribution in [0.25, 0.3) is 0 Å². The first-order valence-electron chi connectivity index (χ1n) is 9.59. The number of benzene rings is 1. The fraction of sp³-hybridized carbons (Fsp3) is 0.550. The van der Waals surface area contributed by atoms with Crippen molar-refractivity contribution in [1.82, 2.24) is 9.80 Å². The van der Waals surface area contributed by atoms with Crippen LogP contribution >= 0.6 is 0 Å². The van der Waals surface area contributed by atoms with Gasteiger partial charge in [0.2, 0.25) is 11.8 Å². The maximum Gasteiger partial charge on any atom is 0.223 e. The summed E-state index contributed by atoms with van der Waals surface area (Å²) in [6.45, 7) is 1.69. The third kappa shape index (κ3) is 6.40. The number of aliphatic hydroxyl groups is 2. The standard InChI is InChI=1S/C20H29N3O5/c21-13-16-3-1-15(2-4-16)5-7-19(27)22-9-11-23(12-10-22)20(28)8-6-17(25)18(26)14-24/h1-4,18,24,26H,5-14,21H2. The predicted molar refractivity (Wildman–Crippen MR) is 103 cm³/mol. The van der Waals surface area contributed by atoms with Crippen molar-refractivity contribution >= 4 is 17.6 Å². The molecule has 1 heterocycles. The summed E-state index contributed by atoms with van der Waals surface area (Å²) >= 11 is 0. The van der Waals surface area contributed by atoms with Gasteiger partial charge in [-0.15, -0.1) is 0 Å². The first-order chi connectivity index (χ1) is 13.4. The van der Waals surface area contributed by atoms with E-state index < -0.39 is 18.5 Å². The Hall–Kier alpha value is -2.29. The lowest BCUT2D eigenvalue weighted by atomic mass is 10.1. The fourth-order valence-corrected chi connectivity index (χ4v) is 3.11. The van der Waals surface area contributed by atoms with Gasteiger partial charge in [0.25, 0.3) is 0 Å². The van der Waals surface area contributed by atoms with Crippen LogP contribution in [0, 0.1) is 0 Å². The molecule has 2 rings (SSSR count). The van der Waals surface area contributed by atoms with Gasteiger partial charge in [0.05, 0.1) is 6.61 Å². The summed E-state index contributed by atoms with van der Waals surface area (Å²) in [7, 11) is 0. The molecule has 1 aromatic rings. The van der Waals surface area contributed by atoms with Gasteiger partial charge in [-0.25, -0.2) is 0 Å². The smallest absolute Gasteiger partial charge is 0.223 e. The first kappa shape index (κ1) is 22.0. The molecule has 1 atom stereocenters. The highest BCUT2D eigenvalue weighted by Crippen LogP contribution is 2.11. The topological polar surface area (TPSA) is 124 Å². The van der Waals surface area contributed by atoms with Crippen LogP contribution in [0.15, 0.2) is 24.3 Å². The van der Waals surface area contributed by atoms with E-state index in [1.54, 1.807) is 9.80 Å². The number of rotatable bonds is 9. The Balaban J connectivity index is 1.71. The van der Waals surface area contributed by atoms with E-state index in [2.05, 4.69) is 0 Å². The highest BCUT2D eigenvalue weighted by Gasteiger charge is 2.24. The Bertz CT molecular complexity index is 669. The van der Waals surface area contributed by atoms with Crippen LogP contribution in [0.3, 0.4) is 0 Å². The van der Waals surface area contributed by atoms with E-state index in [4.69, 9.17) is 10.8 Å². The SMILES string of the molecule is NCc1ccc(CCC(=O)N2CCN(C(=O)CCC(=O)C(O)CO)CC2)cc1. The van der Waals surface area contributed by atoms with Gasteiger partial charge in [-0.1, -0.05) is 24.3 Å². The second kappa shape index (κ2) is 10.9. The first-order valence-corrected chi connectivity index (χ1v) is 9.59. The number of nitrogens with two attached hydrogens (primary N) is 1. The van der Waals surface area contributed by atoms with Crippen LogP contribution in [-0.2, 0) is 27.3 Å². The van der Waals surface area contributed by atoms with Gasteiger partial charge < -0.3 is 25.7 Å². The molecule has 4 N–H and O–H groups in total. The number of hydrogen-bond acceptors (Lipinski definition) is 6. The van der Waals surface area contributed by atoms with Crippen LogP contribution < -0.4 is 5.73 Å². The van der Waals surface area contributed by atoms with Crippen molar-refractivity contribution in [2.45, 2.75) is 38.3 Å². The molecule has 2 amide bonds. The predicted octanol–water partition coefficient (Wildman–Crippen LogP) is -0.549. The lowest BCUT2D eigenvalue weighted by Gasteiger charge is -2.35. The van der Waals surface area contributed by atoms with Gasteiger partial charge in [-0.05, 0) is 17.5 Å². The third-order valence-corrected chi connectivity index (χ3v) is 5.00. The molecule has 8 nitrogen and oxygen atoms in total. The number of carbonyl (C=O) groups is 3. The van der Waals surface area contributed by atoms with Crippen molar-refractivity contribution in [3.8, 4) is 0 Å². The molecule has 8 heteroatoms. The molecule has 28 heavy (non-hydrogen) atoms. The molecule has 0 aromatic heterocycles. The van der Waals surface area contributed by atoms with Gasteiger partial charge in [0.15, 0.2) is 5.78 Å². The highest BCUT2D eigenvalue weighted by atomic mass is 16.3. The number of ketones is 1. The summed E-state index contributed by atoms with van der Waals surface area (Å²) in [5.74, 6) is -0.647. The zero-order valence-corrected chi connectivity index (χ0v) is 16.0. The highest BCUT2D eigenvalue weighted by molar-refractivity contribution is 5.87. The van der Waals surface area contributed by atoms with Crippen molar-refractivity contribution in [3.63, 3.8) is 0 Å². The molecule has 1 saturated heterocycles. The van der Waals surface area contributed by atoms with E-state index in [0.29, 0.717) is 45.6 Å². The second-order valence-corrected chi connectivity index (χ2v) is 6.95. The molecule has 0 bridgehead atoms. The Labute approximate surface area is 164 Å². The van der Waals surface area contributed by atoms with Crippen molar-refractivity contribution in [3.05, 3.63) is 35.4 Å². The number of piperazine rings is 1. The molecular weight excluding hydrogens is 362 g/mol. The van der Waals surface area contributed by atoms with Gasteiger partial charge in [-0.3, -0.25) is 14.4 Å². The summed E-state index contributed by atoms with van der Waals surface area (Å²) in [5, 5.41) is 18.0. The number of nitrogens with zero attached hydrogens (tertiary/aromatic N) is 2. The number of aryl methyl sites for hydroxylation is 1. The summed E-state index contributed by atoms with van der Waals surface area (Å²) in [6.07, 6.45) is -0.429. The largest absolute Gasteiger partial charge is 0.393 e. The van der Waals surface area contributed by atoms with Gasteiger partial charge >= 0.3 is 0 Å². The minimum atomic E-state index is -1.42. The Morgan fingerprint density at radius 1 is 0.893 bits per heavy atom.